The summed E-state index contributed by atoms with van der Waals surface area (Å²) in [6.07, 6.45) is 0.802. The van der Waals surface area contributed by atoms with E-state index in [4.69, 9.17) is 5.73 Å². The maximum absolute atomic E-state index is 14.8. The van der Waals surface area contributed by atoms with Crippen LogP contribution < -0.4 is 5.73 Å². The van der Waals surface area contributed by atoms with E-state index in [9.17, 15) is 14.0 Å². The second-order valence-corrected chi connectivity index (χ2v) is 4.94. The lowest BCUT2D eigenvalue weighted by molar-refractivity contribution is -0.117. The summed E-state index contributed by atoms with van der Waals surface area (Å²) in [7, 11) is 0. The average Bonchev–Trinajstić information content (AvgIpc) is 3.02. The van der Waals surface area contributed by atoms with Gasteiger partial charge in [-0.05, 0) is 12.1 Å². The number of imidazole rings is 1. The van der Waals surface area contributed by atoms with Crippen molar-refractivity contribution in [3.8, 4) is 0 Å². The Bertz CT molecular complexity index is 699. The molecule has 20 heavy (non-hydrogen) atoms. The summed E-state index contributed by atoms with van der Waals surface area (Å²) in [6.45, 7) is 0.307. The maximum atomic E-state index is 14.8. The molecular weight excluding hydrogens is 263 g/mol. The van der Waals surface area contributed by atoms with Gasteiger partial charge < -0.3 is 15.6 Å². The number of halogens is 1. The molecule has 2 aromatic rings. The van der Waals surface area contributed by atoms with Crippen LogP contribution in [0.1, 0.15) is 22.6 Å². The molecule has 1 saturated heterocycles. The fourth-order valence-corrected chi connectivity index (χ4v) is 2.53. The number of nitrogens with two attached hydrogens (primary N) is 1. The Kier molecular flexibility index (Phi) is 2.70. The van der Waals surface area contributed by atoms with Crippen LogP contribution >= 0.6 is 0 Å². The number of fused-ring (bicyclic) bond motifs is 1. The van der Waals surface area contributed by atoms with Gasteiger partial charge in [0.15, 0.2) is 5.67 Å². The Morgan fingerprint density at radius 3 is 3.00 bits per heavy atom. The standard InChI is InChI=1S/C13H13FN4O2/c14-13(4-5-18(6-13)7-19)12-16-9-3-1-2-8(11(15)20)10(9)17-12/h1-3,7H,4-6H2,(H2,15,20)(H,16,17). The minimum Gasteiger partial charge on any atom is -0.366 e. The number of hydrogen-bond donors (Lipinski definition) is 2. The Balaban J connectivity index is 2.08. The number of hydrogen-bond acceptors (Lipinski definition) is 3. The number of nitrogens with zero attached hydrogens (tertiary/aromatic N) is 2. The van der Waals surface area contributed by atoms with Crippen LogP contribution in [-0.2, 0) is 10.5 Å². The van der Waals surface area contributed by atoms with Crippen molar-refractivity contribution in [3.63, 3.8) is 0 Å². The molecule has 104 valence electrons. The van der Waals surface area contributed by atoms with Crippen molar-refractivity contribution in [2.45, 2.75) is 12.1 Å². The van der Waals surface area contributed by atoms with Gasteiger partial charge in [0, 0.05) is 13.0 Å². The predicted molar refractivity (Wildman–Crippen MR) is 69.7 cm³/mol. The summed E-state index contributed by atoms with van der Waals surface area (Å²) in [5, 5.41) is 0. The van der Waals surface area contributed by atoms with Gasteiger partial charge in [-0.3, -0.25) is 9.59 Å². The number of benzene rings is 1. The molecule has 1 unspecified atom stereocenters. The molecule has 0 bridgehead atoms. The van der Waals surface area contributed by atoms with Crippen molar-refractivity contribution in [1.82, 2.24) is 14.9 Å². The number of para-hydroxylation sites is 1. The molecule has 0 saturated carbocycles. The van der Waals surface area contributed by atoms with Crippen molar-refractivity contribution >= 4 is 23.4 Å². The van der Waals surface area contributed by atoms with Gasteiger partial charge in [-0.15, -0.1) is 0 Å². The molecule has 1 aromatic carbocycles. The van der Waals surface area contributed by atoms with Crippen LogP contribution in [0, 0.1) is 0 Å². The molecule has 1 atom stereocenters. The molecule has 1 aliphatic rings. The predicted octanol–water partition coefficient (Wildman–Crippen LogP) is 0.689. The zero-order valence-corrected chi connectivity index (χ0v) is 10.6. The third-order valence-electron chi connectivity index (χ3n) is 3.60. The number of primary amides is 1. The minimum atomic E-state index is -1.71. The molecule has 3 rings (SSSR count). The van der Waals surface area contributed by atoms with Gasteiger partial charge >= 0.3 is 0 Å². The molecule has 1 aromatic heterocycles. The molecule has 0 aliphatic carbocycles. The maximum Gasteiger partial charge on any atom is 0.250 e. The van der Waals surface area contributed by atoms with Gasteiger partial charge in [-0.25, -0.2) is 9.37 Å². The van der Waals surface area contributed by atoms with Gasteiger partial charge in [0.2, 0.25) is 6.41 Å². The van der Waals surface area contributed by atoms with Crippen LogP contribution in [0.25, 0.3) is 11.0 Å². The quantitative estimate of drug-likeness (QED) is 0.808. The Labute approximate surface area is 113 Å². The monoisotopic (exact) mass is 276 g/mol. The number of H-pyrrole nitrogens is 1. The average molecular weight is 276 g/mol. The van der Waals surface area contributed by atoms with E-state index >= 15 is 0 Å². The van der Waals surface area contributed by atoms with Crippen molar-refractivity contribution in [3.05, 3.63) is 29.6 Å². The van der Waals surface area contributed by atoms with Gasteiger partial charge in [0.25, 0.3) is 5.91 Å². The zero-order valence-electron chi connectivity index (χ0n) is 10.6. The number of aromatic amines is 1. The van der Waals surface area contributed by atoms with Crippen molar-refractivity contribution < 1.29 is 14.0 Å². The fourth-order valence-electron chi connectivity index (χ4n) is 2.53. The number of carbonyl (C=O) groups excluding carboxylic acids is 2. The molecular formula is C13H13FN4O2. The smallest absolute Gasteiger partial charge is 0.250 e. The highest BCUT2D eigenvalue weighted by Gasteiger charge is 2.42. The second kappa shape index (κ2) is 4.29. The number of carbonyl (C=O) groups is 2. The highest BCUT2D eigenvalue weighted by molar-refractivity contribution is 6.04. The lowest BCUT2D eigenvalue weighted by Crippen LogP contribution is -2.27. The van der Waals surface area contributed by atoms with E-state index in [1.807, 2.05) is 0 Å². The molecule has 7 heteroatoms. The number of nitrogens with one attached hydrogen (secondary N) is 1. The Hall–Kier alpha value is -2.44. The summed E-state index contributed by atoms with van der Waals surface area (Å²) in [5.74, 6) is -0.479. The van der Waals surface area contributed by atoms with Gasteiger partial charge in [-0.1, -0.05) is 6.07 Å². The van der Waals surface area contributed by atoms with E-state index in [2.05, 4.69) is 9.97 Å². The van der Waals surface area contributed by atoms with Crippen LogP contribution in [0.4, 0.5) is 4.39 Å². The van der Waals surface area contributed by atoms with Crippen LogP contribution in [0.5, 0.6) is 0 Å². The van der Waals surface area contributed by atoms with E-state index in [-0.39, 0.29) is 24.4 Å². The van der Waals surface area contributed by atoms with Gasteiger partial charge in [0.05, 0.1) is 17.6 Å². The number of alkyl halides is 1. The van der Waals surface area contributed by atoms with E-state index < -0.39 is 11.6 Å². The summed E-state index contributed by atoms with van der Waals surface area (Å²) in [5.41, 5.74) is 4.72. The molecule has 0 radical (unpaired) electrons. The second-order valence-electron chi connectivity index (χ2n) is 4.94. The third kappa shape index (κ3) is 1.82. The molecule has 3 N–H and O–H groups in total. The number of rotatable bonds is 3. The van der Waals surface area contributed by atoms with Crippen LogP contribution in [0.2, 0.25) is 0 Å². The molecule has 1 fully saturated rings. The molecule has 2 amide bonds. The zero-order chi connectivity index (χ0) is 14.3. The highest BCUT2D eigenvalue weighted by atomic mass is 19.1. The first-order chi connectivity index (χ1) is 9.53. The molecule has 0 spiro atoms. The van der Waals surface area contributed by atoms with E-state index in [0.29, 0.717) is 24.0 Å². The number of aromatic nitrogens is 2. The first kappa shape index (κ1) is 12.6. The lowest BCUT2D eigenvalue weighted by Gasteiger charge is -2.15. The van der Waals surface area contributed by atoms with E-state index in [0.717, 1.165) is 0 Å². The van der Waals surface area contributed by atoms with Crippen LogP contribution in [0.3, 0.4) is 0 Å². The minimum absolute atomic E-state index is 0.0395. The van der Waals surface area contributed by atoms with Crippen LogP contribution in [-0.4, -0.2) is 40.3 Å². The normalized spacial score (nSPS) is 22.4. The van der Waals surface area contributed by atoms with E-state index in [1.165, 1.54) is 4.90 Å². The third-order valence-corrected chi connectivity index (χ3v) is 3.60. The Morgan fingerprint density at radius 2 is 2.35 bits per heavy atom. The van der Waals surface area contributed by atoms with Crippen molar-refractivity contribution in [2.24, 2.45) is 5.73 Å². The summed E-state index contributed by atoms with van der Waals surface area (Å²) in [4.78, 5) is 30.5. The largest absolute Gasteiger partial charge is 0.366 e. The molecule has 2 heterocycles. The molecule has 1 aliphatic heterocycles. The topological polar surface area (TPSA) is 92.1 Å². The first-order valence-corrected chi connectivity index (χ1v) is 6.21. The van der Waals surface area contributed by atoms with Crippen molar-refractivity contribution in [2.75, 3.05) is 13.1 Å². The molecule has 6 nitrogen and oxygen atoms in total. The van der Waals surface area contributed by atoms with Crippen molar-refractivity contribution in [1.29, 1.82) is 0 Å². The number of likely N-dealkylation sites (tertiary alicyclic amines) is 1. The first-order valence-electron chi connectivity index (χ1n) is 6.21. The van der Waals surface area contributed by atoms with E-state index in [1.54, 1.807) is 18.2 Å². The summed E-state index contributed by atoms with van der Waals surface area (Å²) >= 11 is 0. The van der Waals surface area contributed by atoms with Gasteiger partial charge in [-0.2, -0.15) is 0 Å². The highest BCUT2D eigenvalue weighted by Crippen LogP contribution is 2.35. The fraction of sp³-hybridized carbons (Fsp3) is 0.308. The summed E-state index contributed by atoms with van der Waals surface area (Å²) < 4.78 is 14.8. The van der Waals surface area contributed by atoms with Crippen LogP contribution in [0.15, 0.2) is 18.2 Å². The Morgan fingerprint density at radius 1 is 1.55 bits per heavy atom. The number of amides is 2. The lowest BCUT2D eigenvalue weighted by atomic mass is 10.1. The SMILES string of the molecule is NC(=O)c1cccc2[nH]c(C3(F)CCN(C=O)C3)nc12. The summed E-state index contributed by atoms with van der Waals surface area (Å²) in [6, 6.07) is 4.91. The van der Waals surface area contributed by atoms with Gasteiger partial charge in [0.1, 0.15) is 11.3 Å².